The van der Waals surface area contributed by atoms with Crippen LogP contribution >= 0.6 is 0 Å². The van der Waals surface area contributed by atoms with Crippen LogP contribution in [0.1, 0.15) is 5.56 Å². The average molecular weight is 151 g/mol. The van der Waals surface area contributed by atoms with Crippen LogP contribution in [0.2, 0.25) is 0 Å². The predicted octanol–water partition coefficient (Wildman–Crippen LogP) is 1.07. The first-order chi connectivity index (χ1) is 5.38. The summed E-state index contributed by atoms with van der Waals surface area (Å²) in [7, 11) is 3.49. The number of methoxy groups -OCH3 is 1. The summed E-state index contributed by atoms with van der Waals surface area (Å²) in [6, 6.07) is 4.75. The Bertz CT molecular complexity index is 225. The normalized spacial score (nSPS) is 9.64. The number of hydrogen-bond acceptors (Lipinski definition) is 3. The third-order valence-electron chi connectivity index (χ3n) is 1.37. The SMILES string of the molecule is CNc1nc[c]cc1COC. The number of hydrogen-bond donors (Lipinski definition) is 1. The van der Waals surface area contributed by atoms with Gasteiger partial charge in [0.2, 0.25) is 0 Å². The van der Waals surface area contributed by atoms with Gasteiger partial charge in [-0.3, -0.25) is 0 Å². The lowest BCUT2D eigenvalue weighted by atomic mass is 10.3. The van der Waals surface area contributed by atoms with Crippen LogP contribution in [0.15, 0.2) is 12.3 Å². The van der Waals surface area contributed by atoms with Crippen molar-refractivity contribution in [3.63, 3.8) is 0 Å². The molecule has 0 saturated heterocycles. The Labute approximate surface area is 66.4 Å². The van der Waals surface area contributed by atoms with Crippen molar-refractivity contribution in [3.05, 3.63) is 23.9 Å². The van der Waals surface area contributed by atoms with E-state index < -0.39 is 0 Å². The molecule has 0 aliphatic carbocycles. The van der Waals surface area contributed by atoms with E-state index in [1.54, 1.807) is 13.3 Å². The Morgan fingerprint density at radius 3 is 3.18 bits per heavy atom. The third-order valence-corrected chi connectivity index (χ3v) is 1.37. The molecule has 0 aliphatic rings. The Morgan fingerprint density at radius 2 is 2.55 bits per heavy atom. The second kappa shape index (κ2) is 3.93. The smallest absolute Gasteiger partial charge is 0.131 e. The minimum Gasteiger partial charge on any atom is -0.380 e. The summed E-state index contributed by atoms with van der Waals surface area (Å²) in [5.74, 6) is 0.852. The fourth-order valence-corrected chi connectivity index (χ4v) is 0.882. The lowest BCUT2D eigenvalue weighted by molar-refractivity contribution is 0.185. The van der Waals surface area contributed by atoms with Crippen molar-refractivity contribution in [3.8, 4) is 0 Å². The molecule has 0 bridgehead atoms. The molecule has 3 heteroatoms. The maximum Gasteiger partial charge on any atom is 0.131 e. The quantitative estimate of drug-likeness (QED) is 0.701. The van der Waals surface area contributed by atoms with Gasteiger partial charge in [0.05, 0.1) is 6.61 Å². The van der Waals surface area contributed by atoms with Gasteiger partial charge in [-0.2, -0.15) is 0 Å². The molecule has 1 aromatic rings. The Morgan fingerprint density at radius 1 is 1.73 bits per heavy atom. The van der Waals surface area contributed by atoms with E-state index in [1.165, 1.54) is 0 Å². The molecule has 0 amide bonds. The first-order valence-electron chi connectivity index (χ1n) is 3.40. The van der Waals surface area contributed by atoms with Gasteiger partial charge in [-0.25, -0.2) is 4.98 Å². The molecule has 59 valence electrons. The third kappa shape index (κ3) is 1.91. The van der Waals surface area contributed by atoms with Gasteiger partial charge < -0.3 is 10.1 Å². The van der Waals surface area contributed by atoms with Gasteiger partial charge in [-0.1, -0.05) is 0 Å². The summed E-state index contributed by atoms with van der Waals surface area (Å²) in [6.45, 7) is 0.570. The number of anilines is 1. The van der Waals surface area contributed by atoms with E-state index >= 15 is 0 Å². The summed E-state index contributed by atoms with van der Waals surface area (Å²) >= 11 is 0. The number of aromatic nitrogens is 1. The fraction of sp³-hybridized carbons (Fsp3) is 0.375. The minimum atomic E-state index is 0.570. The predicted molar refractivity (Wildman–Crippen MR) is 43.3 cm³/mol. The number of nitrogens with one attached hydrogen (secondary N) is 1. The monoisotopic (exact) mass is 151 g/mol. The van der Waals surface area contributed by atoms with Crippen LogP contribution in [0.25, 0.3) is 0 Å². The molecule has 0 saturated carbocycles. The first-order valence-corrected chi connectivity index (χ1v) is 3.40. The number of ether oxygens (including phenoxy) is 1. The van der Waals surface area contributed by atoms with Crippen LogP contribution in [0.5, 0.6) is 0 Å². The lowest BCUT2D eigenvalue weighted by Gasteiger charge is -2.04. The van der Waals surface area contributed by atoms with Crippen molar-refractivity contribution in [1.29, 1.82) is 0 Å². The molecular weight excluding hydrogens is 140 g/mol. The molecule has 0 spiro atoms. The van der Waals surface area contributed by atoms with E-state index in [9.17, 15) is 0 Å². The van der Waals surface area contributed by atoms with Crippen molar-refractivity contribution >= 4 is 5.82 Å². The highest BCUT2D eigenvalue weighted by atomic mass is 16.5. The molecule has 3 nitrogen and oxygen atoms in total. The van der Waals surface area contributed by atoms with E-state index in [1.807, 2.05) is 13.1 Å². The van der Waals surface area contributed by atoms with Crippen molar-refractivity contribution in [2.24, 2.45) is 0 Å². The zero-order chi connectivity index (χ0) is 8.10. The number of nitrogens with zero attached hydrogens (tertiary/aromatic N) is 1. The fourth-order valence-electron chi connectivity index (χ4n) is 0.882. The molecular formula is C8H11N2O. The zero-order valence-electron chi connectivity index (χ0n) is 6.72. The van der Waals surface area contributed by atoms with Gasteiger partial charge in [-0.15, -0.1) is 0 Å². The van der Waals surface area contributed by atoms with Crippen molar-refractivity contribution in [2.45, 2.75) is 6.61 Å². The van der Waals surface area contributed by atoms with Gasteiger partial charge in [0.25, 0.3) is 0 Å². The van der Waals surface area contributed by atoms with E-state index in [0.29, 0.717) is 6.61 Å². The first kappa shape index (κ1) is 8.01. The Kier molecular flexibility index (Phi) is 2.86. The topological polar surface area (TPSA) is 34.2 Å². The summed E-state index contributed by atoms with van der Waals surface area (Å²) in [4.78, 5) is 4.07. The van der Waals surface area contributed by atoms with Crippen molar-refractivity contribution in [1.82, 2.24) is 4.98 Å². The molecule has 1 N–H and O–H groups in total. The van der Waals surface area contributed by atoms with Gasteiger partial charge in [0.15, 0.2) is 0 Å². The van der Waals surface area contributed by atoms with Crippen LogP contribution < -0.4 is 5.32 Å². The number of pyridine rings is 1. The van der Waals surface area contributed by atoms with E-state index in [0.717, 1.165) is 11.4 Å². The Balaban J connectivity index is 2.83. The molecule has 1 aromatic heterocycles. The minimum absolute atomic E-state index is 0.570. The highest BCUT2D eigenvalue weighted by molar-refractivity contribution is 5.42. The van der Waals surface area contributed by atoms with Crippen LogP contribution in [-0.2, 0) is 11.3 Å². The van der Waals surface area contributed by atoms with Crippen LogP contribution in [-0.4, -0.2) is 19.1 Å². The summed E-state index contributed by atoms with van der Waals surface area (Å²) in [6.07, 6.45) is 1.63. The van der Waals surface area contributed by atoms with E-state index in [-0.39, 0.29) is 0 Å². The molecule has 1 rings (SSSR count). The van der Waals surface area contributed by atoms with Crippen LogP contribution in [0.3, 0.4) is 0 Å². The van der Waals surface area contributed by atoms with Gasteiger partial charge in [0, 0.05) is 32.0 Å². The second-order valence-electron chi connectivity index (χ2n) is 2.13. The Hall–Kier alpha value is -1.09. The van der Waals surface area contributed by atoms with Crippen molar-refractivity contribution < 1.29 is 4.74 Å². The lowest BCUT2D eigenvalue weighted by Crippen LogP contribution is -1.98. The molecule has 11 heavy (non-hydrogen) atoms. The maximum atomic E-state index is 4.97. The van der Waals surface area contributed by atoms with Gasteiger partial charge in [0.1, 0.15) is 5.82 Å². The van der Waals surface area contributed by atoms with Gasteiger partial charge >= 0.3 is 0 Å². The molecule has 0 unspecified atom stereocenters. The zero-order valence-corrected chi connectivity index (χ0v) is 6.72. The molecule has 0 fully saturated rings. The molecule has 0 atom stereocenters. The number of rotatable bonds is 3. The maximum absolute atomic E-state index is 4.97. The van der Waals surface area contributed by atoms with Gasteiger partial charge in [-0.05, 0) is 6.07 Å². The largest absolute Gasteiger partial charge is 0.380 e. The van der Waals surface area contributed by atoms with E-state index in [2.05, 4.69) is 16.4 Å². The highest BCUT2D eigenvalue weighted by Crippen LogP contribution is 2.10. The van der Waals surface area contributed by atoms with Crippen LogP contribution in [0.4, 0.5) is 5.82 Å². The highest BCUT2D eigenvalue weighted by Gasteiger charge is 1.98. The van der Waals surface area contributed by atoms with E-state index in [4.69, 9.17) is 4.74 Å². The van der Waals surface area contributed by atoms with Crippen LogP contribution in [0, 0.1) is 6.07 Å². The molecule has 0 aliphatic heterocycles. The standard InChI is InChI=1S/C8H11N2O/c1-9-8-7(6-11-2)4-3-5-10-8/h4-5H,6H2,1-2H3,(H,9,10). The summed E-state index contributed by atoms with van der Waals surface area (Å²) < 4.78 is 4.97. The second-order valence-corrected chi connectivity index (χ2v) is 2.13. The average Bonchev–Trinajstić information content (AvgIpc) is 2.06. The molecule has 1 heterocycles. The summed E-state index contributed by atoms with van der Waals surface area (Å²) in [5, 5.41) is 2.97. The molecule has 1 radical (unpaired) electrons. The van der Waals surface area contributed by atoms with Crippen molar-refractivity contribution in [2.75, 3.05) is 19.5 Å². The summed E-state index contributed by atoms with van der Waals surface area (Å²) in [5.41, 5.74) is 1.03. The molecule has 0 aromatic carbocycles.